The highest BCUT2D eigenvalue weighted by molar-refractivity contribution is 5.31. The van der Waals surface area contributed by atoms with Crippen LogP contribution in [0.1, 0.15) is 23.1 Å². The highest BCUT2D eigenvalue weighted by atomic mass is 16.5. The molecule has 3 nitrogen and oxygen atoms in total. The maximum atomic E-state index is 6.13. The van der Waals surface area contributed by atoms with Crippen molar-refractivity contribution in [2.24, 2.45) is 5.73 Å². The summed E-state index contributed by atoms with van der Waals surface area (Å²) in [7, 11) is 1.68. The van der Waals surface area contributed by atoms with E-state index in [1.54, 1.807) is 7.11 Å². The summed E-state index contributed by atoms with van der Waals surface area (Å²) in [6, 6.07) is 6.68. The molecule has 2 N–H and O–H groups in total. The number of ether oxygens (including phenoxy) is 2. The third-order valence-corrected chi connectivity index (χ3v) is 3.05. The van der Waals surface area contributed by atoms with Crippen LogP contribution in [0.4, 0.5) is 0 Å². The summed E-state index contributed by atoms with van der Waals surface area (Å²) in [5, 5.41) is 0. The van der Waals surface area contributed by atoms with E-state index in [0.29, 0.717) is 19.8 Å². The van der Waals surface area contributed by atoms with Crippen LogP contribution in [0.5, 0.6) is 0 Å². The van der Waals surface area contributed by atoms with E-state index < -0.39 is 0 Å². The van der Waals surface area contributed by atoms with Crippen LogP contribution in [-0.2, 0) is 15.9 Å². The van der Waals surface area contributed by atoms with Gasteiger partial charge in [-0.2, -0.15) is 0 Å². The van der Waals surface area contributed by atoms with Gasteiger partial charge in [-0.15, -0.1) is 0 Å². The van der Waals surface area contributed by atoms with Crippen molar-refractivity contribution < 1.29 is 9.47 Å². The molecule has 3 heteroatoms. The summed E-state index contributed by atoms with van der Waals surface area (Å²) in [6.07, 6.45) is 1.80. The van der Waals surface area contributed by atoms with Gasteiger partial charge >= 0.3 is 0 Å². The lowest BCUT2D eigenvalue weighted by atomic mass is 9.98. The highest BCUT2D eigenvalue weighted by Crippen LogP contribution is 2.13. The topological polar surface area (TPSA) is 44.5 Å². The minimum absolute atomic E-state index is 0.160. The Bertz CT molecular complexity index is 352. The Morgan fingerprint density at radius 1 is 1.17 bits per heavy atom. The maximum absolute atomic E-state index is 6.13. The second kappa shape index (κ2) is 8.25. The molecule has 1 aromatic rings. The van der Waals surface area contributed by atoms with E-state index in [9.17, 15) is 0 Å². The minimum atomic E-state index is 0.160. The van der Waals surface area contributed by atoms with E-state index in [1.807, 2.05) is 0 Å². The molecule has 1 rings (SSSR count). The van der Waals surface area contributed by atoms with Crippen molar-refractivity contribution in [3.63, 3.8) is 0 Å². The number of hydrogen-bond acceptors (Lipinski definition) is 3. The summed E-state index contributed by atoms with van der Waals surface area (Å²) < 4.78 is 10.3. The van der Waals surface area contributed by atoms with Crippen molar-refractivity contribution in [3.8, 4) is 0 Å². The van der Waals surface area contributed by atoms with Crippen molar-refractivity contribution in [2.45, 2.75) is 32.7 Å². The average Bonchev–Trinajstić information content (AvgIpc) is 2.33. The first-order valence-electron chi connectivity index (χ1n) is 6.52. The van der Waals surface area contributed by atoms with E-state index >= 15 is 0 Å². The first-order chi connectivity index (χ1) is 8.63. The molecule has 1 unspecified atom stereocenters. The molecule has 0 amide bonds. The Labute approximate surface area is 110 Å². The molecule has 0 saturated heterocycles. The van der Waals surface area contributed by atoms with Gasteiger partial charge in [0.1, 0.15) is 0 Å². The second-order valence-electron chi connectivity index (χ2n) is 4.79. The summed E-state index contributed by atoms with van der Waals surface area (Å²) in [5.41, 5.74) is 10.1. The van der Waals surface area contributed by atoms with E-state index in [0.717, 1.165) is 12.8 Å². The third kappa shape index (κ3) is 5.63. The average molecular weight is 251 g/mol. The maximum Gasteiger partial charge on any atom is 0.0700 e. The molecule has 0 aliphatic heterocycles. The number of aryl methyl sites for hydroxylation is 2. The van der Waals surface area contributed by atoms with E-state index in [1.165, 1.54) is 16.7 Å². The van der Waals surface area contributed by atoms with Crippen LogP contribution < -0.4 is 5.73 Å². The number of nitrogens with two attached hydrogens (primary N) is 1. The van der Waals surface area contributed by atoms with Crippen molar-refractivity contribution in [1.82, 2.24) is 0 Å². The zero-order valence-corrected chi connectivity index (χ0v) is 11.7. The quantitative estimate of drug-likeness (QED) is 0.721. The second-order valence-corrected chi connectivity index (χ2v) is 4.79. The van der Waals surface area contributed by atoms with Crippen LogP contribution in [0.3, 0.4) is 0 Å². The van der Waals surface area contributed by atoms with Gasteiger partial charge in [0.05, 0.1) is 13.2 Å². The molecule has 0 aromatic heterocycles. The number of benzene rings is 1. The SMILES string of the molecule is COCCOCCC(N)Cc1cc(C)ccc1C. The van der Waals surface area contributed by atoms with Crippen LogP contribution in [-0.4, -0.2) is 33.0 Å². The predicted octanol–water partition coefficient (Wildman–Crippen LogP) is 2.23. The molecule has 18 heavy (non-hydrogen) atoms. The Kier molecular flexibility index (Phi) is 6.94. The molecule has 0 fully saturated rings. The summed E-state index contributed by atoms with van der Waals surface area (Å²) in [4.78, 5) is 0. The van der Waals surface area contributed by atoms with Gasteiger partial charge in [0.2, 0.25) is 0 Å². The molecule has 102 valence electrons. The Morgan fingerprint density at radius 3 is 2.67 bits per heavy atom. The van der Waals surface area contributed by atoms with Gasteiger partial charge in [0.15, 0.2) is 0 Å². The molecule has 1 aromatic carbocycles. The zero-order valence-electron chi connectivity index (χ0n) is 11.7. The molecule has 0 heterocycles. The Hall–Kier alpha value is -0.900. The van der Waals surface area contributed by atoms with Crippen LogP contribution in [0.25, 0.3) is 0 Å². The van der Waals surface area contributed by atoms with E-state index in [2.05, 4.69) is 32.0 Å². The smallest absolute Gasteiger partial charge is 0.0700 e. The summed E-state index contributed by atoms with van der Waals surface area (Å²) >= 11 is 0. The molecule has 0 aliphatic carbocycles. The fraction of sp³-hybridized carbons (Fsp3) is 0.600. The zero-order chi connectivity index (χ0) is 13.4. The fourth-order valence-corrected chi connectivity index (χ4v) is 1.88. The standard InChI is InChI=1S/C15H25NO2/c1-12-4-5-13(2)14(10-12)11-15(16)6-7-18-9-8-17-3/h4-5,10,15H,6-9,11,16H2,1-3H3. The fourth-order valence-electron chi connectivity index (χ4n) is 1.88. The van der Waals surface area contributed by atoms with E-state index in [4.69, 9.17) is 15.2 Å². The minimum Gasteiger partial charge on any atom is -0.382 e. The van der Waals surface area contributed by atoms with Crippen LogP contribution in [0, 0.1) is 13.8 Å². The van der Waals surface area contributed by atoms with Gasteiger partial charge in [-0.25, -0.2) is 0 Å². The van der Waals surface area contributed by atoms with Gasteiger partial charge in [-0.05, 0) is 37.8 Å². The molecule has 1 atom stereocenters. The van der Waals surface area contributed by atoms with Gasteiger partial charge in [-0.3, -0.25) is 0 Å². The molecule has 0 spiro atoms. The first kappa shape index (κ1) is 15.2. The van der Waals surface area contributed by atoms with Crippen LogP contribution in [0.2, 0.25) is 0 Å². The molecule has 0 saturated carbocycles. The number of rotatable bonds is 8. The van der Waals surface area contributed by atoms with Crippen LogP contribution in [0.15, 0.2) is 18.2 Å². The predicted molar refractivity (Wildman–Crippen MR) is 74.9 cm³/mol. The largest absolute Gasteiger partial charge is 0.382 e. The van der Waals surface area contributed by atoms with Gasteiger partial charge in [0, 0.05) is 19.8 Å². The number of hydrogen-bond donors (Lipinski definition) is 1. The third-order valence-electron chi connectivity index (χ3n) is 3.05. The van der Waals surface area contributed by atoms with Gasteiger partial charge in [-0.1, -0.05) is 23.8 Å². The molecular weight excluding hydrogens is 226 g/mol. The molecular formula is C15H25NO2. The monoisotopic (exact) mass is 251 g/mol. The Balaban J connectivity index is 2.30. The summed E-state index contributed by atoms with van der Waals surface area (Å²) in [5.74, 6) is 0. The molecule has 0 aliphatic rings. The summed E-state index contributed by atoms with van der Waals surface area (Å²) in [6.45, 7) is 6.24. The van der Waals surface area contributed by atoms with Crippen molar-refractivity contribution in [1.29, 1.82) is 0 Å². The van der Waals surface area contributed by atoms with Crippen LogP contribution >= 0.6 is 0 Å². The first-order valence-corrected chi connectivity index (χ1v) is 6.52. The Morgan fingerprint density at radius 2 is 1.94 bits per heavy atom. The van der Waals surface area contributed by atoms with Crippen molar-refractivity contribution >= 4 is 0 Å². The van der Waals surface area contributed by atoms with Gasteiger partial charge in [0.25, 0.3) is 0 Å². The molecule has 0 radical (unpaired) electrons. The number of methoxy groups -OCH3 is 1. The lowest BCUT2D eigenvalue weighted by Crippen LogP contribution is -2.25. The van der Waals surface area contributed by atoms with Gasteiger partial charge < -0.3 is 15.2 Å². The van der Waals surface area contributed by atoms with Crippen molar-refractivity contribution in [3.05, 3.63) is 34.9 Å². The van der Waals surface area contributed by atoms with Crippen molar-refractivity contribution in [2.75, 3.05) is 26.9 Å². The molecule has 0 bridgehead atoms. The normalized spacial score (nSPS) is 12.7. The highest BCUT2D eigenvalue weighted by Gasteiger charge is 2.06. The van der Waals surface area contributed by atoms with E-state index in [-0.39, 0.29) is 6.04 Å². The lowest BCUT2D eigenvalue weighted by molar-refractivity contribution is 0.0672. The lowest BCUT2D eigenvalue weighted by Gasteiger charge is -2.14.